The van der Waals surface area contributed by atoms with Crippen LogP contribution in [0, 0.1) is 31.3 Å². The van der Waals surface area contributed by atoms with Crippen molar-refractivity contribution in [2.45, 2.75) is 39.7 Å². The second kappa shape index (κ2) is 9.10. The quantitative estimate of drug-likeness (QED) is 0.434. The van der Waals surface area contributed by atoms with Gasteiger partial charge in [-0.15, -0.1) is 0 Å². The topological polar surface area (TPSA) is 59.4 Å². The lowest BCUT2D eigenvalue weighted by molar-refractivity contribution is 0.0689. The fraction of sp³-hybridized carbons (Fsp3) is 0.231. The van der Waals surface area contributed by atoms with Gasteiger partial charge in [0.1, 0.15) is 18.2 Å². The molecule has 0 bridgehead atoms. The number of carbonyl (C=O) groups is 1. The first-order chi connectivity index (χ1) is 15.7. The smallest absolute Gasteiger partial charge is 0.354 e. The van der Waals surface area contributed by atoms with Crippen molar-refractivity contribution in [2.75, 3.05) is 0 Å². The van der Waals surface area contributed by atoms with Crippen LogP contribution in [0.4, 0.5) is 13.2 Å². The van der Waals surface area contributed by atoms with Crippen molar-refractivity contribution in [2.24, 2.45) is 0 Å². The van der Waals surface area contributed by atoms with Gasteiger partial charge in [0.25, 0.3) is 0 Å². The molecule has 0 unspecified atom stereocenters. The van der Waals surface area contributed by atoms with Crippen LogP contribution in [0.5, 0.6) is 5.75 Å². The summed E-state index contributed by atoms with van der Waals surface area (Å²) in [6.07, 6.45) is 2.34. The molecular formula is C26H22F3NO3. The van der Waals surface area contributed by atoms with E-state index in [0.29, 0.717) is 23.1 Å². The normalized spacial score (nSPS) is 13.5. The molecule has 0 fully saturated rings. The average Bonchev–Trinajstić information content (AvgIpc) is 3.26. The minimum atomic E-state index is -1.25. The van der Waals surface area contributed by atoms with Gasteiger partial charge < -0.3 is 9.84 Å². The molecule has 7 heteroatoms. The Hall–Kier alpha value is -3.61. The molecule has 1 aliphatic rings. The Morgan fingerprint density at radius 1 is 0.970 bits per heavy atom. The minimum Gasteiger partial charge on any atom is -0.488 e. The number of benzene rings is 2. The van der Waals surface area contributed by atoms with Crippen LogP contribution in [-0.4, -0.2) is 16.1 Å². The number of aromatic carboxylic acids is 1. The number of pyridine rings is 1. The zero-order valence-corrected chi connectivity index (χ0v) is 18.2. The number of hydrogen-bond donors (Lipinski definition) is 1. The summed E-state index contributed by atoms with van der Waals surface area (Å²) in [5, 5.41) is 9.45. The third-order valence-electron chi connectivity index (χ3n) is 5.76. The van der Waals surface area contributed by atoms with Crippen molar-refractivity contribution in [3.8, 4) is 5.75 Å². The number of ether oxygens (including phenoxy) is 1. The molecule has 0 aliphatic heterocycles. The van der Waals surface area contributed by atoms with Gasteiger partial charge in [0.2, 0.25) is 0 Å². The number of aryl methyl sites for hydroxylation is 2. The van der Waals surface area contributed by atoms with Gasteiger partial charge >= 0.3 is 5.97 Å². The van der Waals surface area contributed by atoms with Crippen molar-refractivity contribution >= 4 is 17.1 Å². The van der Waals surface area contributed by atoms with Crippen LogP contribution in [0.15, 0.2) is 42.5 Å². The van der Waals surface area contributed by atoms with E-state index in [2.05, 4.69) is 4.98 Å². The van der Waals surface area contributed by atoms with E-state index in [0.717, 1.165) is 47.6 Å². The number of allylic oxidation sites excluding steroid dienone is 2. The number of aromatic nitrogens is 1. The number of hydrogen-bond acceptors (Lipinski definition) is 3. The van der Waals surface area contributed by atoms with Gasteiger partial charge in [-0.3, -0.25) is 0 Å². The van der Waals surface area contributed by atoms with Gasteiger partial charge in [0, 0.05) is 17.2 Å². The third kappa shape index (κ3) is 4.62. The van der Waals surface area contributed by atoms with Crippen molar-refractivity contribution in [3.05, 3.63) is 93.6 Å². The van der Waals surface area contributed by atoms with Crippen LogP contribution in [0.1, 0.15) is 57.7 Å². The molecule has 4 rings (SSSR count). The monoisotopic (exact) mass is 453 g/mol. The summed E-state index contributed by atoms with van der Waals surface area (Å²) in [6, 6.07) is 10.4. The first-order valence-electron chi connectivity index (χ1n) is 10.5. The van der Waals surface area contributed by atoms with Gasteiger partial charge in [-0.05, 0) is 74.1 Å². The molecule has 0 radical (unpaired) electrons. The molecule has 170 valence electrons. The fourth-order valence-corrected chi connectivity index (χ4v) is 4.07. The van der Waals surface area contributed by atoms with Crippen LogP contribution in [-0.2, 0) is 6.61 Å². The van der Waals surface area contributed by atoms with E-state index in [4.69, 9.17) is 4.74 Å². The maximum absolute atomic E-state index is 14.1. The first-order valence-corrected chi connectivity index (χ1v) is 10.5. The highest BCUT2D eigenvalue weighted by Crippen LogP contribution is 2.43. The standard InChI is InChI=1S/C26H22F3NO3/c1-14-6-9-24(33-13-16-11-21(28)22(29)12-20(16)27)19(10-14)17-4-3-5-18(17)23-8-7-15(2)25(30-23)26(31)32/h6-12H,3-5,13H2,1-2H3,(H,31,32). The Labute approximate surface area is 189 Å². The van der Waals surface area contributed by atoms with E-state index < -0.39 is 23.4 Å². The molecule has 33 heavy (non-hydrogen) atoms. The lowest BCUT2D eigenvalue weighted by Crippen LogP contribution is -2.06. The first kappa shape index (κ1) is 22.6. The van der Waals surface area contributed by atoms with Crippen molar-refractivity contribution in [1.29, 1.82) is 0 Å². The molecule has 3 aromatic rings. The summed E-state index contributed by atoms with van der Waals surface area (Å²) < 4.78 is 46.7. The summed E-state index contributed by atoms with van der Waals surface area (Å²) >= 11 is 0. The average molecular weight is 453 g/mol. The van der Waals surface area contributed by atoms with Gasteiger partial charge in [0.15, 0.2) is 17.3 Å². The zero-order valence-electron chi connectivity index (χ0n) is 18.2. The summed E-state index contributed by atoms with van der Waals surface area (Å²) in [5.74, 6) is -3.88. The summed E-state index contributed by atoms with van der Waals surface area (Å²) in [5.41, 5.74) is 4.80. The maximum Gasteiger partial charge on any atom is 0.354 e. The molecule has 0 saturated heterocycles. The Balaban J connectivity index is 1.73. The largest absolute Gasteiger partial charge is 0.488 e. The Morgan fingerprint density at radius 3 is 2.45 bits per heavy atom. The predicted octanol–water partition coefficient (Wildman–Crippen LogP) is 6.49. The molecule has 1 heterocycles. The van der Waals surface area contributed by atoms with Crippen LogP contribution < -0.4 is 4.74 Å². The van der Waals surface area contributed by atoms with E-state index >= 15 is 0 Å². The molecule has 4 nitrogen and oxygen atoms in total. The van der Waals surface area contributed by atoms with E-state index in [9.17, 15) is 23.1 Å². The molecule has 1 N–H and O–H groups in total. The SMILES string of the molecule is Cc1ccc(OCc2cc(F)c(F)cc2F)c(C2=C(c3ccc(C)c(C(=O)O)n3)CCC2)c1. The van der Waals surface area contributed by atoms with Crippen LogP contribution in [0.25, 0.3) is 11.1 Å². The number of halogens is 3. The van der Waals surface area contributed by atoms with Gasteiger partial charge in [-0.2, -0.15) is 0 Å². The summed E-state index contributed by atoms with van der Waals surface area (Å²) in [4.78, 5) is 15.9. The fourth-order valence-electron chi connectivity index (χ4n) is 4.07. The molecular weight excluding hydrogens is 431 g/mol. The molecule has 2 aromatic carbocycles. The third-order valence-corrected chi connectivity index (χ3v) is 5.76. The predicted molar refractivity (Wildman–Crippen MR) is 118 cm³/mol. The van der Waals surface area contributed by atoms with E-state index in [1.54, 1.807) is 19.1 Å². The highest BCUT2D eigenvalue weighted by atomic mass is 19.2. The lowest BCUT2D eigenvalue weighted by atomic mass is 9.97. The molecule has 0 spiro atoms. The second-order valence-corrected chi connectivity index (χ2v) is 8.12. The molecule has 1 aliphatic carbocycles. The highest BCUT2D eigenvalue weighted by Gasteiger charge is 2.23. The van der Waals surface area contributed by atoms with E-state index in [1.807, 2.05) is 25.1 Å². The second-order valence-electron chi connectivity index (χ2n) is 8.12. The minimum absolute atomic E-state index is 0.0146. The Bertz CT molecular complexity index is 1280. The molecule has 0 amide bonds. The molecule has 1 aromatic heterocycles. The van der Waals surface area contributed by atoms with Crippen LogP contribution in [0.2, 0.25) is 0 Å². The van der Waals surface area contributed by atoms with Crippen molar-refractivity contribution in [3.63, 3.8) is 0 Å². The van der Waals surface area contributed by atoms with Crippen molar-refractivity contribution in [1.82, 2.24) is 4.98 Å². The zero-order chi connectivity index (χ0) is 23.7. The number of rotatable bonds is 6. The number of carboxylic acids is 1. The van der Waals surface area contributed by atoms with Crippen LogP contribution in [0.3, 0.4) is 0 Å². The Kier molecular flexibility index (Phi) is 6.22. The van der Waals surface area contributed by atoms with Crippen LogP contribution >= 0.6 is 0 Å². The van der Waals surface area contributed by atoms with Gasteiger partial charge in [-0.25, -0.2) is 22.9 Å². The molecule has 0 saturated carbocycles. The number of nitrogens with zero attached hydrogens (tertiary/aromatic N) is 1. The van der Waals surface area contributed by atoms with E-state index in [-0.39, 0.29) is 17.9 Å². The lowest BCUT2D eigenvalue weighted by Gasteiger charge is -2.16. The van der Waals surface area contributed by atoms with Gasteiger partial charge in [-0.1, -0.05) is 17.7 Å². The van der Waals surface area contributed by atoms with Crippen molar-refractivity contribution < 1.29 is 27.8 Å². The maximum atomic E-state index is 14.1. The highest BCUT2D eigenvalue weighted by molar-refractivity contribution is 5.95. The summed E-state index contributed by atoms with van der Waals surface area (Å²) in [6.45, 7) is 3.37. The molecule has 0 atom stereocenters. The Morgan fingerprint density at radius 2 is 1.70 bits per heavy atom. The van der Waals surface area contributed by atoms with E-state index in [1.165, 1.54) is 0 Å². The number of carboxylic acid groups (broad SMARTS) is 1. The summed E-state index contributed by atoms with van der Waals surface area (Å²) in [7, 11) is 0. The van der Waals surface area contributed by atoms with Gasteiger partial charge in [0.05, 0.1) is 5.69 Å².